The standard InChI is InChI=1S/C26H23FN4O2/c1-15-9-22(26-30-23(13-31(26)12-15)20-7-5-18(27)10-16(20)2)29-19-6-8-21(24(11-19)32-4)25-17(3)28-14-33-25/h5-14,29H,1-4H3. The highest BCUT2D eigenvalue weighted by Crippen LogP contribution is 2.36. The van der Waals surface area contributed by atoms with E-state index < -0.39 is 0 Å². The van der Waals surface area contributed by atoms with Crippen molar-refractivity contribution >= 4 is 17.0 Å². The molecule has 33 heavy (non-hydrogen) atoms. The number of anilines is 2. The predicted octanol–water partition coefficient (Wildman–Crippen LogP) is 6.47. The monoisotopic (exact) mass is 442 g/mol. The lowest BCUT2D eigenvalue weighted by molar-refractivity contribution is 0.415. The number of nitrogens with one attached hydrogen (secondary N) is 1. The summed E-state index contributed by atoms with van der Waals surface area (Å²) in [7, 11) is 1.63. The van der Waals surface area contributed by atoms with E-state index in [0.29, 0.717) is 11.5 Å². The number of benzene rings is 2. The van der Waals surface area contributed by atoms with Crippen molar-refractivity contribution in [2.75, 3.05) is 12.4 Å². The fraction of sp³-hybridized carbons (Fsp3) is 0.154. The summed E-state index contributed by atoms with van der Waals surface area (Å²) in [4.78, 5) is 9.02. The molecule has 0 aliphatic rings. The van der Waals surface area contributed by atoms with E-state index in [0.717, 1.165) is 50.7 Å². The van der Waals surface area contributed by atoms with Crippen LogP contribution < -0.4 is 10.1 Å². The Bertz CT molecular complexity index is 1490. The van der Waals surface area contributed by atoms with E-state index in [2.05, 4.69) is 10.3 Å². The molecule has 2 aromatic carbocycles. The van der Waals surface area contributed by atoms with Gasteiger partial charge >= 0.3 is 0 Å². The molecule has 0 spiro atoms. The summed E-state index contributed by atoms with van der Waals surface area (Å²) >= 11 is 0. The first kappa shape index (κ1) is 20.8. The molecule has 3 aromatic heterocycles. The van der Waals surface area contributed by atoms with E-state index in [4.69, 9.17) is 14.1 Å². The quantitative estimate of drug-likeness (QED) is 0.338. The van der Waals surface area contributed by atoms with Crippen molar-refractivity contribution in [3.8, 4) is 28.3 Å². The average molecular weight is 442 g/mol. The first-order chi connectivity index (χ1) is 15.9. The number of hydrogen-bond acceptors (Lipinski definition) is 5. The second-order valence-corrected chi connectivity index (χ2v) is 8.05. The SMILES string of the molecule is COc1cc(Nc2cc(C)cn3cc(-c4ccc(F)cc4C)nc23)ccc1-c1ocnc1C. The molecule has 0 saturated carbocycles. The Morgan fingerprint density at radius 3 is 2.55 bits per heavy atom. The van der Waals surface area contributed by atoms with Gasteiger partial charge in [0.05, 0.1) is 29.7 Å². The summed E-state index contributed by atoms with van der Waals surface area (Å²) in [6.07, 6.45) is 5.41. The van der Waals surface area contributed by atoms with Crippen molar-refractivity contribution in [1.29, 1.82) is 0 Å². The van der Waals surface area contributed by atoms with Crippen molar-refractivity contribution < 1.29 is 13.5 Å². The normalized spacial score (nSPS) is 11.2. The van der Waals surface area contributed by atoms with Crippen molar-refractivity contribution in [1.82, 2.24) is 14.4 Å². The molecule has 0 atom stereocenters. The van der Waals surface area contributed by atoms with Crippen molar-refractivity contribution in [3.05, 3.63) is 83.9 Å². The number of aromatic nitrogens is 3. The number of pyridine rings is 1. The number of nitrogens with zero attached hydrogens (tertiary/aromatic N) is 3. The zero-order chi connectivity index (χ0) is 23.1. The van der Waals surface area contributed by atoms with E-state index >= 15 is 0 Å². The van der Waals surface area contributed by atoms with Gasteiger partial charge in [0, 0.05) is 29.7 Å². The lowest BCUT2D eigenvalue weighted by Crippen LogP contribution is -1.97. The second kappa shape index (κ2) is 8.09. The third-order valence-electron chi connectivity index (χ3n) is 5.62. The molecule has 0 unspecified atom stereocenters. The maximum Gasteiger partial charge on any atom is 0.181 e. The molecule has 6 nitrogen and oxygen atoms in total. The maximum atomic E-state index is 13.6. The lowest BCUT2D eigenvalue weighted by Gasteiger charge is -2.12. The van der Waals surface area contributed by atoms with E-state index in [-0.39, 0.29) is 5.82 Å². The molecule has 1 N–H and O–H groups in total. The Labute approximate surface area is 190 Å². The molecular formula is C26H23FN4O2. The smallest absolute Gasteiger partial charge is 0.181 e. The summed E-state index contributed by atoms with van der Waals surface area (Å²) in [5.41, 5.74) is 7.71. The van der Waals surface area contributed by atoms with Crippen LogP contribution in [0, 0.1) is 26.6 Å². The third-order valence-corrected chi connectivity index (χ3v) is 5.62. The van der Waals surface area contributed by atoms with Crippen molar-refractivity contribution in [2.24, 2.45) is 0 Å². The first-order valence-electron chi connectivity index (χ1n) is 10.5. The summed E-state index contributed by atoms with van der Waals surface area (Å²) < 4.78 is 26.7. The fourth-order valence-corrected chi connectivity index (χ4v) is 4.05. The largest absolute Gasteiger partial charge is 0.496 e. The van der Waals surface area contributed by atoms with Gasteiger partial charge in [-0.2, -0.15) is 0 Å². The Hall–Kier alpha value is -4.13. The van der Waals surface area contributed by atoms with Crippen molar-refractivity contribution in [3.63, 3.8) is 0 Å². The average Bonchev–Trinajstić information content (AvgIpc) is 3.39. The second-order valence-electron chi connectivity index (χ2n) is 8.05. The predicted molar refractivity (Wildman–Crippen MR) is 127 cm³/mol. The Morgan fingerprint density at radius 2 is 1.82 bits per heavy atom. The minimum Gasteiger partial charge on any atom is -0.496 e. The molecule has 0 radical (unpaired) electrons. The van der Waals surface area contributed by atoms with Crippen LogP contribution in [0.2, 0.25) is 0 Å². The van der Waals surface area contributed by atoms with E-state index in [1.165, 1.54) is 18.5 Å². The highest BCUT2D eigenvalue weighted by Gasteiger charge is 2.15. The van der Waals surface area contributed by atoms with Gasteiger partial charge in [-0.3, -0.25) is 0 Å². The van der Waals surface area contributed by atoms with Gasteiger partial charge in [-0.1, -0.05) is 0 Å². The van der Waals surface area contributed by atoms with Crippen LogP contribution in [0.15, 0.2) is 65.7 Å². The minimum absolute atomic E-state index is 0.254. The van der Waals surface area contributed by atoms with Crippen LogP contribution >= 0.6 is 0 Å². The topological polar surface area (TPSA) is 64.6 Å². The van der Waals surface area contributed by atoms with E-state index in [9.17, 15) is 4.39 Å². The van der Waals surface area contributed by atoms with E-state index in [1.807, 2.05) is 61.8 Å². The molecule has 0 aliphatic heterocycles. The number of halogens is 1. The highest BCUT2D eigenvalue weighted by molar-refractivity contribution is 5.80. The molecule has 3 heterocycles. The summed E-state index contributed by atoms with van der Waals surface area (Å²) in [6.45, 7) is 5.81. The van der Waals surface area contributed by atoms with Gasteiger partial charge in [0.15, 0.2) is 17.8 Å². The van der Waals surface area contributed by atoms with Gasteiger partial charge in [0.25, 0.3) is 0 Å². The molecule has 5 rings (SSSR count). The number of imidazole rings is 1. The van der Waals surface area contributed by atoms with Crippen molar-refractivity contribution in [2.45, 2.75) is 20.8 Å². The maximum absolute atomic E-state index is 13.6. The summed E-state index contributed by atoms with van der Waals surface area (Å²) in [5, 5.41) is 3.47. The van der Waals surface area contributed by atoms with Gasteiger partial charge in [0.2, 0.25) is 0 Å². The number of rotatable bonds is 5. The first-order valence-corrected chi connectivity index (χ1v) is 10.5. The third kappa shape index (κ3) is 3.82. The number of fused-ring (bicyclic) bond motifs is 1. The van der Waals surface area contributed by atoms with Crippen LogP contribution in [-0.4, -0.2) is 21.5 Å². The van der Waals surface area contributed by atoms with Crippen LogP contribution in [0.1, 0.15) is 16.8 Å². The van der Waals surface area contributed by atoms with Crippen LogP contribution in [-0.2, 0) is 0 Å². The number of oxazole rings is 1. The fourth-order valence-electron chi connectivity index (χ4n) is 4.05. The lowest BCUT2D eigenvalue weighted by atomic mass is 10.1. The Balaban J connectivity index is 1.55. The van der Waals surface area contributed by atoms with Crippen LogP contribution in [0.5, 0.6) is 5.75 Å². The Kier molecular flexibility index (Phi) is 5.09. The van der Waals surface area contributed by atoms with E-state index in [1.54, 1.807) is 13.2 Å². The molecule has 166 valence electrons. The molecule has 0 bridgehead atoms. The summed E-state index contributed by atoms with van der Waals surface area (Å²) in [5.74, 6) is 1.11. The highest BCUT2D eigenvalue weighted by atomic mass is 19.1. The number of hydrogen-bond donors (Lipinski definition) is 1. The number of aryl methyl sites for hydroxylation is 3. The van der Waals surface area contributed by atoms with Gasteiger partial charge in [-0.25, -0.2) is 14.4 Å². The minimum atomic E-state index is -0.254. The van der Waals surface area contributed by atoms with Gasteiger partial charge in [-0.05, 0) is 68.3 Å². The van der Waals surface area contributed by atoms with Gasteiger partial charge < -0.3 is 18.9 Å². The van der Waals surface area contributed by atoms with Gasteiger partial charge in [0.1, 0.15) is 11.6 Å². The van der Waals surface area contributed by atoms with Crippen LogP contribution in [0.4, 0.5) is 15.8 Å². The number of ether oxygens (including phenoxy) is 1. The zero-order valence-corrected chi connectivity index (χ0v) is 18.8. The number of methoxy groups -OCH3 is 1. The van der Waals surface area contributed by atoms with Crippen LogP contribution in [0.3, 0.4) is 0 Å². The Morgan fingerprint density at radius 1 is 1.00 bits per heavy atom. The molecule has 0 aliphatic carbocycles. The summed E-state index contributed by atoms with van der Waals surface area (Å²) in [6, 6.07) is 12.6. The molecule has 0 fully saturated rings. The molecule has 0 amide bonds. The molecule has 5 aromatic rings. The molecule has 0 saturated heterocycles. The van der Waals surface area contributed by atoms with Gasteiger partial charge in [-0.15, -0.1) is 0 Å². The zero-order valence-electron chi connectivity index (χ0n) is 18.8. The molecular weight excluding hydrogens is 419 g/mol. The van der Waals surface area contributed by atoms with Crippen LogP contribution in [0.25, 0.3) is 28.2 Å². The molecule has 7 heteroatoms.